The number of hydrogen-bond acceptors (Lipinski definition) is 3. The summed E-state index contributed by atoms with van der Waals surface area (Å²) in [6, 6.07) is 20.1. The molecule has 2 N–H and O–H groups in total. The van der Waals surface area contributed by atoms with Crippen LogP contribution in [0.15, 0.2) is 66.9 Å². The summed E-state index contributed by atoms with van der Waals surface area (Å²) >= 11 is 0. The van der Waals surface area contributed by atoms with Crippen LogP contribution in [0.4, 0.5) is 0 Å². The summed E-state index contributed by atoms with van der Waals surface area (Å²) in [5.41, 5.74) is 4.01. The van der Waals surface area contributed by atoms with E-state index < -0.39 is 0 Å². The SMILES string of the molecule is O=C(NCC1CCN(Cc2ccccc2)C1)c1ccc(-c2ccn[nH]2)cc1. The minimum atomic E-state index is -0.00679. The van der Waals surface area contributed by atoms with Crippen molar-refractivity contribution in [1.82, 2.24) is 20.4 Å². The number of aromatic amines is 1. The van der Waals surface area contributed by atoms with Gasteiger partial charge in [0.1, 0.15) is 0 Å². The average Bonchev–Trinajstić information content (AvgIpc) is 3.39. The van der Waals surface area contributed by atoms with Crippen LogP contribution in [-0.2, 0) is 6.54 Å². The number of rotatable bonds is 6. The second-order valence-electron chi connectivity index (χ2n) is 7.13. The standard InChI is InChI=1S/C22H24N4O/c27-22(20-8-6-19(7-9-20)21-10-12-24-25-21)23-14-18-11-13-26(16-18)15-17-4-2-1-3-5-17/h1-10,12,18H,11,13-16H2,(H,23,27)(H,24,25). The first-order valence-electron chi connectivity index (χ1n) is 9.42. The van der Waals surface area contributed by atoms with Gasteiger partial charge in [0, 0.05) is 31.4 Å². The number of amides is 1. The van der Waals surface area contributed by atoms with E-state index in [1.54, 1.807) is 6.20 Å². The van der Waals surface area contributed by atoms with E-state index in [0.29, 0.717) is 11.5 Å². The van der Waals surface area contributed by atoms with Crippen LogP contribution in [0.2, 0.25) is 0 Å². The predicted molar refractivity (Wildman–Crippen MR) is 106 cm³/mol. The van der Waals surface area contributed by atoms with Crippen LogP contribution in [0.3, 0.4) is 0 Å². The lowest BCUT2D eigenvalue weighted by Crippen LogP contribution is -2.30. The number of aromatic nitrogens is 2. The van der Waals surface area contributed by atoms with E-state index in [1.165, 1.54) is 5.56 Å². The number of benzene rings is 2. The topological polar surface area (TPSA) is 61.0 Å². The van der Waals surface area contributed by atoms with Crippen molar-refractivity contribution in [3.8, 4) is 11.3 Å². The first kappa shape index (κ1) is 17.5. The molecule has 5 nitrogen and oxygen atoms in total. The van der Waals surface area contributed by atoms with E-state index in [9.17, 15) is 4.79 Å². The molecule has 1 fully saturated rings. The van der Waals surface area contributed by atoms with E-state index in [-0.39, 0.29) is 5.91 Å². The number of nitrogens with one attached hydrogen (secondary N) is 2. The van der Waals surface area contributed by atoms with Crippen molar-refractivity contribution in [2.75, 3.05) is 19.6 Å². The average molecular weight is 360 g/mol. The lowest BCUT2D eigenvalue weighted by Gasteiger charge is -2.16. The van der Waals surface area contributed by atoms with Gasteiger partial charge in [-0.2, -0.15) is 5.10 Å². The van der Waals surface area contributed by atoms with Crippen molar-refractivity contribution in [2.24, 2.45) is 5.92 Å². The zero-order chi connectivity index (χ0) is 18.5. The summed E-state index contributed by atoms with van der Waals surface area (Å²) in [5, 5.41) is 9.98. The number of nitrogens with zero attached hydrogens (tertiary/aromatic N) is 2. The lowest BCUT2D eigenvalue weighted by molar-refractivity contribution is 0.0947. The summed E-state index contributed by atoms with van der Waals surface area (Å²) in [4.78, 5) is 14.9. The van der Waals surface area contributed by atoms with Crippen LogP contribution < -0.4 is 5.32 Å². The van der Waals surface area contributed by atoms with E-state index in [4.69, 9.17) is 0 Å². The van der Waals surface area contributed by atoms with Gasteiger partial charge in [0.25, 0.3) is 5.91 Å². The number of hydrogen-bond donors (Lipinski definition) is 2. The van der Waals surface area contributed by atoms with E-state index in [0.717, 1.165) is 43.9 Å². The molecule has 1 aliphatic heterocycles. The van der Waals surface area contributed by atoms with Crippen LogP contribution in [0.5, 0.6) is 0 Å². The third kappa shape index (κ3) is 4.44. The Labute approximate surface area is 159 Å². The first-order valence-corrected chi connectivity index (χ1v) is 9.42. The van der Waals surface area contributed by atoms with Gasteiger partial charge in [-0.15, -0.1) is 0 Å². The zero-order valence-electron chi connectivity index (χ0n) is 15.3. The molecule has 1 aliphatic rings. The molecule has 0 saturated carbocycles. The Hall–Kier alpha value is -2.92. The molecular formula is C22H24N4O. The molecule has 1 aromatic heterocycles. The van der Waals surface area contributed by atoms with Gasteiger partial charge < -0.3 is 5.32 Å². The molecule has 0 bridgehead atoms. The molecule has 2 heterocycles. The predicted octanol–water partition coefficient (Wildman–Crippen LogP) is 3.33. The molecule has 0 radical (unpaired) electrons. The smallest absolute Gasteiger partial charge is 0.251 e. The van der Waals surface area contributed by atoms with Gasteiger partial charge in [-0.25, -0.2) is 0 Å². The van der Waals surface area contributed by atoms with Gasteiger partial charge in [-0.05, 0) is 48.2 Å². The van der Waals surface area contributed by atoms with Crippen LogP contribution >= 0.6 is 0 Å². The molecule has 0 spiro atoms. The number of carbonyl (C=O) groups excluding carboxylic acids is 1. The van der Waals surface area contributed by atoms with Gasteiger partial charge in [-0.3, -0.25) is 14.8 Å². The molecule has 1 amide bonds. The monoisotopic (exact) mass is 360 g/mol. The Morgan fingerprint density at radius 3 is 2.67 bits per heavy atom. The highest BCUT2D eigenvalue weighted by Gasteiger charge is 2.23. The summed E-state index contributed by atoms with van der Waals surface area (Å²) in [6.07, 6.45) is 2.85. The molecule has 1 unspecified atom stereocenters. The minimum absolute atomic E-state index is 0.00679. The van der Waals surface area contributed by atoms with Crippen molar-refractivity contribution in [3.63, 3.8) is 0 Å². The van der Waals surface area contributed by atoms with Crippen LogP contribution in [0.25, 0.3) is 11.3 Å². The largest absolute Gasteiger partial charge is 0.352 e. The summed E-state index contributed by atoms with van der Waals surface area (Å²) < 4.78 is 0. The Morgan fingerprint density at radius 1 is 1.11 bits per heavy atom. The normalized spacial score (nSPS) is 17.1. The summed E-state index contributed by atoms with van der Waals surface area (Å²) in [6.45, 7) is 3.84. The molecule has 5 heteroatoms. The Bertz CT molecular complexity index is 859. The van der Waals surface area contributed by atoms with Crippen molar-refractivity contribution >= 4 is 5.91 Å². The molecule has 3 aromatic rings. The van der Waals surface area contributed by atoms with E-state index in [2.05, 4.69) is 44.7 Å². The quantitative estimate of drug-likeness (QED) is 0.709. The molecule has 138 valence electrons. The fourth-order valence-electron chi connectivity index (χ4n) is 3.62. The Balaban J connectivity index is 1.26. The van der Waals surface area contributed by atoms with Crippen molar-refractivity contribution < 1.29 is 4.79 Å². The van der Waals surface area contributed by atoms with Crippen molar-refractivity contribution in [1.29, 1.82) is 0 Å². The second kappa shape index (κ2) is 8.18. The highest BCUT2D eigenvalue weighted by atomic mass is 16.1. The Kier molecular flexibility index (Phi) is 5.30. The fraction of sp³-hybridized carbons (Fsp3) is 0.273. The third-order valence-electron chi connectivity index (χ3n) is 5.13. The number of H-pyrrole nitrogens is 1. The molecule has 1 saturated heterocycles. The van der Waals surface area contributed by atoms with Crippen LogP contribution in [-0.4, -0.2) is 40.6 Å². The molecule has 4 rings (SSSR count). The number of carbonyl (C=O) groups is 1. The van der Waals surface area contributed by atoms with Crippen molar-refractivity contribution in [2.45, 2.75) is 13.0 Å². The molecular weight excluding hydrogens is 336 g/mol. The highest BCUT2D eigenvalue weighted by Crippen LogP contribution is 2.19. The molecule has 1 atom stereocenters. The van der Waals surface area contributed by atoms with Gasteiger partial charge in [0.05, 0.1) is 5.69 Å². The van der Waals surface area contributed by atoms with Gasteiger partial charge in [0.15, 0.2) is 0 Å². The highest BCUT2D eigenvalue weighted by molar-refractivity contribution is 5.94. The van der Waals surface area contributed by atoms with E-state index >= 15 is 0 Å². The summed E-state index contributed by atoms with van der Waals surface area (Å²) in [7, 11) is 0. The third-order valence-corrected chi connectivity index (χ3v) is 5.13. The lowest BCUT2D eigenvalue weighted by atomic mass is 10.1. The van der Waals surface area contributed by atoms with Gasteiger partial charge in [0.2, 0.25) is 0 Å². The first-order chi connectivity index (χ1) is 13.3. The molecule has 2 aromatic carbocycles. The zero-order valence-corrected chi connectivity index (χ0v) is 15.3. The minimum Gasteiger partial charge on any atom is -0.352 e. The maximum absolute atomic E-state index is 12.4. The second-order valence-corrected chi connectivity index (χ2v) is 7.13. The molecule has 0 aliphatic carbocycles. The molecule has 27 heavy (non-hydrogen) atoms. The summed E-state index contributed by atoms with van der Waals surface area (Å²) in [5.74, 6) is 0.509. The van der Waals surface area contributed by atoms with E-state index in [1.807, 2.05) is 36.4 Å². The van der Waals surface area contributed by atoms with Crippen LogP contribution in [0.1, 0.15) is 22.3 Å². The van der Waals surface area contributed by atoms with Crippen LogP contribution in [0, 0.1) is 5.92 Å². The van der Waals surface area contributed by atoms with Crippen molar-refractivity contribution in [3.05, 3.63) is 78.0 Å². The van der Waals surface area contributed by atoms with Gasteiger partial charge in [-0.1, -0.05) is 42.5 Å². The fourth-order valence-corrected chi connectivity index (χ4v) is 3.62. The number of likely N-dealkylation sites (tertiary alicyclic amines) is 1. The maximum Gasteiger partial charge on any atom is 0.251 e. The maximum atomic E-state index is 12.4. The Morgan fingerprint density at radius 2 is 1.93 bits per heavy atom. The van der Waals surface area contributed by atoms with Gasteiger partial charge >= 0.3 is 0 Å².